The first-order valence-electron chi connectivity index (χ1n) is 5.35. The summed E-state index contributed by atoms with van der Waals surface area (Å²) >= 11 is 0. The van der Waals surface area contributed by atoms with Crippen molar-refractivity contribution in [1.82, 2.24) is 0 Å². The fraction of sp³-hybridized carbons (Fsp3) is 0.231. The van der Waals surface area contributed by atoms with E-state index in [-0.39, 0.29) is 11.7 Å². The van der Waals surface area contributed by atoms with Crippen molar-refractivity contribution in [3.8, 4) is 5.75 Å². The molecule has 0 spiro atoms. The van der Waals surface area contributed by atoms with Gasteiger partial charge in [0.15, 0.2) is 5.78 Å². The molecule has 0 aromatic heterocycles. The summed E-state index contributed by atoms with van der Waals surface area (Å²) in [5.74, 6) is -0.891. The van der Waals surface area contributed by atoms with Crippen molar-refractivity contribution in [3.63, 3.8) is 0 Å². The fourth-order valence-electron chi connectivity index (χ4n) is 1.91. The Morgan fingerprint density at radius 3 is 2.82 bits per heavy atom. The zero-order valence-electron chi connectivity index (χ0n) is 9.13. The zero-order chi connectivity index (χ0) is 12.3. The van der Waals surface area contributed by atoms with Crippen molar-refractivity contribution in [2.45, 2.75) is 12.3 Å². The van der Waals surface area contributed by atoms with E-state index in [9.17, 15) is 9.59 Å². The van der Waals surface area contributed by atoms with Crippen LogP contribution in [0.25, 0.3) is 0 Å². The van der Waals surface area contributed by atoms with E-state index in [1.54, 1.807) is 0 Å². The molecule has 1 unspecified atom stereocenters. The number of allylic oxidation sites excluding steroid dienone is 1. The van der Waals surface area contributed by atoms with Crippen molar-refractivity contribution >= 4 is 11.8 Å². The molecule has 1 atom stereocenters. The van der Waals surface area contributed by atoms with E-state index in [2.05, 4.69) is 0 Å². The Morgan fingerprint density at radius 1 is 1.29 bits per heavy atom. The number of carboxylic acids is 1. The molecule has 2 rings (SSSR count). The normalized spacial score (nSPS) is 18.5. The van der Waals surface area contributed by atoms with Crippen molar-refractivity contribution in [2.24, 2.45) is 0 Å². The van der Waals surface area contributed by atoms with Gasteiger partial charge in [-0.3, -0.25) is 4.79 Å². The molecule has 17 heavy (non-hydrogen) atoms. The van der Waals surface area contributed by atoms with Crippen LogP contribution in [0, 0.1) is 0 Å². The van der Waals surface area contributed by atoms with Crippen LogP contribution in [0.2, 0.25) is 0 Å². The van der Waals surface area contributed by atoms with Gasteiger partial charge in [-0.1, -0.05) is 18.2 Å². The minimum Gasteiger partial charge on any atom is -0.493 e. The van der Waals surface area contributed by atoms with Crippen molar-refractivity contribution < 1.29 is 19.4 Å². The van der Waals surface area contributed by atoms with Gasteiger partial charge in [-0.2, -0.15) is 0 Å². The van der Waals surface area contributed by atoms with E-state index in [4.69, 9.17) is 9.84 Å². The maximum atomic E-state index is 11.9. The lowest BCUT2D eigenvalue weighted by Gasteiger charge is -2.23. The molecule has 0 radical (unpaired) electrons. The molecule has 1 aliphatic heterocycles. The summed E-state index contributed by atoms with van der Waals surface area (Å²) in [6.45, 7) is 0.480. The molecule has 1 aromatic carbocycles. The third kappa shape index (κ3) is 2.53. The van der Waals surface area contributed by atoms with Crippen LogP contribution in [0.4, 0.5) is 0 Å². The van der Waals surface area contributed by atoms with Gasteiger partial charge in [0, 0.05) is 11.6 Å². The van der Waals surface area contributed by atoms with Crippen LogP contribution in [0.15, 0.2) is 36.4 Å². The Bertz CT molecular complexity index is 476. The highest BCUT2D eigenvalue weighted by atomic mass is 16.5. The molecule has 0 saturated heterocycles. The number of ketones is 1. The molecule has 88 valence electrons. The summed E-state index contributed by atoms with van der Waals surface area (Å²) < 4.78 is 5.44. The minimum absolute atomic E-state index is 0.192. The average Bonchev–Trinajstić information content (AvgIpc) is 2.35. The number of fused-ring (bicyclic) bond motifs is 1. The first-order chi connectivity index (χ1) is 8.18. The van der Waals surface area contributed by atoms with E-state index >= 15 is 0 Å². The fourth-order valence-corrected chi connectivity index (χ4v) is 1.91. The Kier molecular flexibility index (Phi) is 3.23. The average molecular weight is 232 g/mol. The molecule has 0 amide bonds. The first kappa shape index (κ1) is 11.4. The van der Waals surface area contributed by atoms with Gasteiger partial charge in [0.25, 0.3) is 0 Å². The third-order valence-corrected chi connectivity index (χ3v) is 2.69. The lowest BCUT2D eigenvalue weighted by molar-refractivity contribution is -0.131. The molecule has 4 nitrogen and oxygen atoms in total. The van der Waals surface area contributed by atoms with Gasteiger partial charge in [0.2, 0.25) is 0 Å². The zero-order valence-corrected chi connectivity index (χ0v) is 9.13. The lowest BCUT2D eigenvalue weighted by Crippen LogP contribution is -2.20. The van der Waals surface area contributed by atoms with Gasteiger partial charge in [-0.15, -0.1) is 0 Å². The number of carbonyl (C=O) groups excluding carboxylic acids is 1. The largest absolute Gasteiger partial charge is 0.493 e. The van der Waals surface area contributed by atoms with Gasteiger partial charge >= 0.3 is 5.97 Å². The van der Waals surface area contributed by atoms with Crippen molar-refractivity contribution in [2.75, 3.05) is 6.61 Å². The maximum absolute atomic E-state index is 11.9. The number of rotatable bonds is 3. The summed E-state index contributed by atoms with van der Waals surface area (Å²) in [7, 11) is 0. The SMILES string of the molecule is O=C(O)/C=C\C(=O)C1CCOc2ccccc21. The first-order valence-corrected chi connectivity index (χ1v) is 5.35. The van der Waals surface area contributed by atoms with Crippen LogP contribution < -0.4 is 4.74 Å². The monoisotopic (exact) mass is 232 g/mol. The molecule has 1 aromatic rings. The number of ether oxygens (including phenoxy) is 1. The molecule has 0 fully saturated rings. The van der Waals surface area contributed by atoms with E-state index in [1.807, 2.05) is 24.3 Å². The highest BCUT2D eigenvalue weighted by Gasteiger charge is 2.25. The number of hydrogen-bond acceptors (Lipinski definition) is 3. The summed E-state index contributed by atoms with van der Waals surface area (Å²) in [5.41, 5.74) is 0.832. The van der Waals surface area contributed by atoms with Crippen LogP contribution in [0.5, 0.6) is 5.75 Å². The Labute approximate surface area is 98.5 Å². The van der Waals surface area contributed by atoms with Gasteiger partial charge in [-0.05, 0) is 18.6 Å². The Balaban J connectivity index is 2.24. The lowest BCUT2D eigenvalue weighted by atomic mass is 9.89. The van der Waals surface area contributed by atoms with E-state index < -0.39 is 5.97 Å². The molecule has 1 heterocycles. The predicted octanol–water partition coefficient (Wildman–Crippen LogP) is 1.76. The van der Waals surface area contributed by atoms with Crippen molar-refractivity contribution in [3.05, 3.63) is 42.0 Å². The molecule has 0 bridgehead atoms. The maximum Gasteiger partial charge on any atom is 0.328 e. The number of carbonyl (C=O) groups is 2. The number of para-hydroxylation sites is 1. The quantitative estimate of drug-likeness (QED) is 0.806. The topological polar surface area (TPSA) is 63.6 Å². The van der Waals surface area contributed by atoms with E-state index in [0.29, 0.717) is 18.8 Å². The summed E-state index contributed by atoms with van der Waals surface area (Å²) in [6.07, 6.45) is 2.58. The van der Waals surface area contributed by atoms with Gasteiger partial charge in [0.05, 0.1) is 12.5 Å². The second-order valence-electron chi connectivity index (χ2n) is 3.80. The van der Waals surface area contributed by atoms with E-state index in [1.165, 1.54) is 0 Å². The van der Waals surface area contributed by atoms with Crippen LogP contribution in [-0.4, -0.2) is 23.5 Å². The van der Waals surface area contributed by atoms with Gasteiger partial charge in [-0.25, -0.2) is 4.79 Å². The van der Waals surface area contributed by atoms with Crippen LogP contribution in [-0.2, 0) is 9.59 Å². The standard InChI is InChI=1S/C13H12O4/c14-11(5-6-13(15)16)9-7-8-17-12-4-2-1-3-10(9)12/h1-6,9H,7-8H2,(H,15,16)/b6-5-. The third-order valence-electron chi connectivity index (χ3n) is 2.69. The smallest absolute Gasteiger partial charge is 0.328 e. The minimum atomic E-state index is -1.11. The van der Waals surface area contributed by atoms with Crippen LogP contribution in [0.1, 0.15) is 17.9 Å². The van der Waals surface area contributed by atoms with Crippen molar-refractivity contribution in [1.29, 1.82) is 0 Å². The number of carboxylic acid groups (broad SMARTS) is 1. The predicted molar refractivity (Wildman–Crippen MR) is 61.1 cm³/mol. The summed E-state index contributed by atoms with van der Waals surface area (Å²) in [4.78, 5) is 22.2. The highest BCUT2D eigenvalue weighted by molar-refractivity contribution is 5.99. The Hall–Kier alpha value is -2.10. The number of hydrogen-bond donors (Lipinski definition) is 1. The second kappa shape index (κ2) is 4.82. The summed E-state index contributed by atoms with van der Waals surface area (Å²) in [6, 6.07) is 7.34. The molecule has 0 saturated carbocycles. The summed E-state index contributed by atoms with van der Waals surface area (Å²) in [5, 5.41) is 8.49. The highest BCUT2D eigenvalue weighted by Crippen LogP contribution is 2.33. The molecule has 1 N–H and O–H groups in total. The van der Waals surface area contributed by atoms with Crippen LogP contribution in [0.3, 0.4) is 0 Å². The van der Waals surface area contributed by atoms with Gasteiger partial charge in [0.1, 0.15) is 5.75 Å². The number of aliphatic carboxylic acids is 1. The van der Waals surface area contributed by atoms with Crippen LogP contribution >= 0.6 is 0 Å². The molecule has 1 aliphatic rings. The molecular weight excluding hydrogens is 220 g/mol. The molecular formula is C13H12O4. The molecule has 4 heteroatoms. The second-order valence-corrected chi connectivity index (χ2v) is 3.80. The number of benzene rings is 1. The molecule has 0 aliphatic carbocycles. The Morgan fingerprint density at radius 2 is 2.06 bits per heavy atom. The van der Waals surface area contributed by atoms with Gasteiger partial charge < -0.3 is 9.84 Å². The van der Waals surface area contributed by atoms with E-state index in [0.717, 1.165) is 17.7 Å².